The van der Waals surface area contributed by atoms with Gasteiger partial charge in [0.2, 0.25) is 0 Å². The van der Waals surface area contributed by atoms with E-state index in [-0.39, 0.29) is 6.10 Å². The second-order valence-corrected chi connectivity index (χ2v) is 6.86. The normalized spacial score (nSPS) is 16.7. The lowest BCUT2D eigenvalue weighted by Gasteiger charge is -2.26. The Morgan fingerprint density at radius 2 is 2.11 bits per heavy atom. The number of hydrogen-bond acceptors (Lipinski definition) is 5. The second kappa shape index (κ2) is 9.06. The van der Waals surface area contributed by atoms with Crippen LogP contribution in [-0.4, -0.2) is 48.2 Å². The average molecular weight is 371 g/mol. The molecule has 0 saturated carbocycles. The maximum atomic E-state index is 5.88. The van der Waals surface area contributed by atoms with Crippen molar-refractivity contribution in [2.45, 2.75) is 39.0 Å². The fraction of sp³-hybridized carbons (Fsp3) is 0.476. The Morgan fingerprint density at radius 1 is 1.30 bits per heavy atom. The maximum absolute atomic E-state index is 5.88. The number of ether oxygens (including phenoxy) is 3. The van der Waals surface area contributed by atoms with E-state index in [4.69, 9.17) is 14.2 Å². The summed E-state index contributed by atoms with van der Waals surface area (Å²) < 4.78 is 18.7. The van der Waals surface area contributed by atoms with Crippen molar-refractivity contribution in [2.75, 3.05) is 27.4 Å². The molecule has 1 aromatic heterocycles. The minimum Gasteiger partial charge on any atom is -0.493 e. The Bertz CT molecular complexity index is 766. The largest absolute Gasteiger partial charge is 0.493 e. The molecule has 2 heterocycles. The van der Waals surface area contributed by atoms with Crippen LogP contribution in [0.15, 0.2) is 31.0 Å². The molecule has 146 valence electrons. The summed E-state index contributed by atoms with van der Waals surface area (Å²) in [5.74, 6) is 1.54. The zero-order valence-electron chi connectivity index (χ0n) is 16.5. The van der Waals surface area contributed by atoms with Crippen LogP contribution in [0.5, 0.6) is 11.5 Å². The van der Waals surface area contributed by atoms with Gasteiger partial charge in [-0.3, -0.25) is 4.90 Å². The summed E-state index contributed by atoms with van der Waals surface area (Å²) in [5.41, 5.74) is 3.31. The number of aromatic nitrogens is 2. The summed E-state index contributed by atoms with van der Waals surface area (Å²) in [5, 5.41) is 4.48. The molecule has 6 heteroatoms. The quantitative estimate of drug-likeness (QED) is 0.675. The summed E-state index contributed by atoms with van der Waals surface area (Å²) in [7, 11) is 3.35. The topological polar surface area (TPSA) is 48.8 Å². The Hall–Kier alpha value is -2.31. The van der Waals surface area contributed by atoms with Crippen LogP contribution in [0.2, 0.25) is 0 Å². The lowest BCUT2D eigenvalue weighted by atomic mass is 10.1. The van der Waals surface area contributed by atoms with Crippen molar-refractivity contribution in [2.24, 2.45) is 0 Å². The third-order valence-electron chi connectivity index (χ3n) is 4.96. The number of methoxy groups -OCH3 is 2. The molecular formula is C21H29N3O3. The van der Waals surface area contributed by atoms with Gasteiger partial charge in [0.15, 0.2) is 11.5 Å². The molecule has 1 saturated heterocycles. The summed E-state index contributed by atoms with van der Waals surface area (Å²) in [6, 6.07) is 6.01. The van der Waals surface area contributed by atoms with Crippen LogP contribution >= 0.6 is 0 Å². The van der Waals surface area contributed by atoms with E-state index in [1.165, 1.54) is 5.56 Å². The second-order valence-electron chi connectivity index (χ2n) is 6.86. The number of aryl methyl sites for hydroxylation is 1. The van der Waals surface area contributed by atoms with Gasteiger partial charge in [0.05, 0.1) is 26.0 Å². The van der Waals surface area contributed by atoms with E-state index in [1.807, 2.05) is 25.3 Å². The van der Waals surface area contributed by atoms with E-state index in [2.05, 4.69) is 22.6 Å². The Labute approximate surface area is 161 Å². The highest BCUT2D eigenvalue weighted by atomic mass is 16.5. The van der Waals surface area contributed by atoms with Crippen molar-refractivity contribution in [1.82, 2.24) is 14.7 Å². The number of nitrogens with zero attached hydrogens (tertiary/aromatic N) is 3. The minimum atomic E-state index is 0.274. The smallest absolute Gasteiger partial charge is 0.165 e. The molecule has 1 aliphatic rings. The highest BCUT2D eigenvalue weighted by Crippen LogP contribution is 2.32. The van der Waals surface area contributed by atoms with E-state index < -0.39 is 0 Å². The molecular weight excluding hydrogens is 342 g/mol. The predicted molar refractivity (Wildman–Crippen MR) is 106 cm³/mol. The van der Waals surface area contributed by atoms with Gasteiger partial charge in [-0.2, -0.15) is 5.10 Å². The summed E-state index contributed by atoms with van der Waals surface area (Å²) in [6.45, 7) is 9.10. The van der Waals surface area contributed by atoms with E-state index in [0.29, 0.717) is 0 Å². The molecule has 1 aromatic carbocycles. The number of hydrogen-bond donors (Lipinski definition) is 0. The molecule has 0 radical (unpaired) electrons. The molecule has 27 heavy (non-hydrogen) atoms. The van der Waals surface area contributed by atoms with Crippen molar-refractivity contribution < 1.29 is 14.2 Å². The zero-order valence-corrected chi connectivity index (χ0v) is 16.5. The van der Waals surface area contributed by atoms with E-state index in [9.17, 15) is 0 Å². The van der Waals surface area contributed by atoms with Crippen LogP contribution in [-0.2, 0) is 17.8 Å². The summed E-state index contributed by atoms with van der Waals surface area (Å²) in [4.78, 5) is 2.39. The molecule has 0 aliphatic carbocycles. The van der Waals surface area contributed by atoms with Crippen LogP contribution < -0.4 is 9.47 Å². The molecule has 2 aromatic rings. The van der Waals surface area contributed by atoms with Crippen LogP contribution in [0.4, 0.5) is 0 Å². The third-order valence-corrected chi connectivity index (χ3v) is 4.96. The Morgan fingerprint density at radius 3 is 2.74 bits per heavy atom. The minimum absolute atomic E-state index is 0.274. The molecule has 1 aliphatic heterocycles. The molecule has 0 spiro atoms. The highest BCUT2D eigenvalue weighted by Gasteiger charge is 2.22. The van der Waals surface area contributed by atoms with E-state index in [0.717, 1.165) is 61.8 Å². The molecule has 0 amide bonds. The zero-order chi connectivity index (χ0) is 19.2. The lowest BCUT2D eigenvalue weighted by molar-refractivity contribution is 0.0675. The van der Waals surface area contributed by atoms with Gasteiger partial charge in [0, 0.05) is 49.8 Å². The van der Waals surface area contributed by atoms with Crippen molar-refractivity contribution >= 4 is 6.20 Å². The Balaban J connectivity index is 1.83. The molecule has 1 atom stereocenters. The lowest BCUT2D eigenvalue weighted by Crippen LogP contribution is -2.31. The fourth-order valence-corrected chi connectivity index (χ4v) is 3.59. The first-order valence-electron chi connectivity index (χ1n) is 9.35. The molecule has 0 N–H and O–H groups in total. The van der Waals surface area contributed by atoms with Gasteiger partial charge < -0.3 is 14.2 Å². The summed E-state index contributed by atoms with van der Waals surface area (Å²) in [6.07, 6.45) is 6.27. The SMILES string of the molecule is C=Cn1cc(CN(Cc2cccc(OC)c2OC)CC2CCCO2)c(C)n1. The van der Waals surface area contributed by atoms with Crippen LogP contribution in [0.1, 0.15) is 29.7 Å². The highest BCUT2D eigenvalue weighted by molar-refractivity contribution is 5.46. The molecule has 1 unspecified atom stereocenters. The standard InChI is InChI=1S/C21H29N3O3/c1-5-24-14-18(16(2)22-24)13-23(15-19-9-7-11-27-19)12-17-8-6-10-20(25-3)21(17)26-4/h5-6,8,10,14,19H,1,7,9,11-13,15H2,2-4H3. The number of rotatable bonds is 9. The number of para-hydroxylation sites is 1. The van der Waals surface area contributed by atoms with Gasteiger partial charge in [-0.25, -0.2) is 4.68 Å². The number of benzene rings is 1. The van der Waals surface area contributed by atoms with Crippen LogP contribution in [0, 0.1) is 6.92 Å². The van der Waals surface area contributed by atoms with Gasteiger partial charge in [-0.1, -0.05) is 18.7 Å². The first-order chi connectivity index (χ1) is 13.1. The van der Waals surface area contributed by atoms with Crippen molar-refractivity contribution in [3.63, 3.8) is 0 Å². The predicted octanol–water partition coefficient (Wildman–Crippen LogP) is 3.49. The van der Waals surface area contributed by atoms with Crippen LogP contribution in [0.3, 0.4) is 0 Å². The fourth-order valence-electron chi connectivity index (χ4n) is 3.59. The first-order valence-corrected chi connectivity index (χ1v) is 9.35. The van der Waals surface area contributed by atoms with E-state index in [1.54, 1.807) is 25.1 Å². The average Bonchev–Trinajstić information content (AvgIpc) is 3.31. The Kier molecular flexibility index (Phi) is 6.53. The monoisotopic (exact) mass is 371 g/mol. The molecule has 0 bridgehead atoms. The van der Waals surface area contributed by atoms with Gasteiger partial charge >= 0.3 is 0 Å². The van der Waals surface area contributed by atoms with Crippen molar-refractivity contribution in [1.29, 1.82) is 0 Å². The van der Waals surface area contributed by atoms with Crippen molar-refractivity contribution in [3.8, 4) is 11.5 Å². The van der Waals surface area contributed by atoms with Gasteiger partial charge in [0.25, 0.3) is 0 Å². The van der Waals surface area contributed by atoms with Gasteiger partial charge in [-0.05, 0) is 25.8 Å². The maximum Gasteiger partial charge on any atom is 0.165 e. The summed E-state index contributed by atoms with van der Waals surface area (Å²) >= 11 is 0. The third kappa shape index (κ3) is 4.70. The van der Waals surface area contributed by atoms with Crippen LogP contribution in [0.25, 0.3) is 6.20 Å². The molecule has 3 rings (SSSR count). The molecule has 1 fully saturated rings. The van der Waals surface area contributed by atoms with Gasteiger partial charge in [-0.15, -0.1) is 0 Å². The first kappa shape index (κ1) is 19.5. The van der Waals surface area contributed by atoms with Gasteiger partial charge in [0.1, 0.15) is 0 Å². The van der Waals surface area contributed by atoms with E-state index >= 15 is 0 Å². The van der Waals surface area contributed by atoms with Crippen molar-refractivity contribution in [3.05, 3.63) is 47.8 Å². The molecule has 6 nitrogen and oxygen atoms in total.